The maximum atomic E-state index is 14.4. The van der Waals surface area contributed by atoms with Gasteiger partial charge in [-0.2, -0.15) is 0 Å². The topological polar surface area (TPSA) is 205 Å². The normalized spacial score (nSPS) is 19.5. The number of allylic oxidation sites excluding steroid dienone is 10. The number of carbonyl (C=O) groups excluding carboxylic acids is 4. The van der Waals surface area contributed by atoms with Crippen molar-refractivity contribution in [1.82, 2.24) is 0 Å². The molecule has 0 aromatic heterocycles. The molecule has 4 aliphatic rings. The summed E-state index contributed by atoms with van der Waals surface area (Å²) in [7, 11) is 5.67. The first-order valence-electron chi connectivity index (χ1n) is 42.6. The van der Waals surface area contributed by atoms with Gasteiger partial charge in [0, 0.05) is 46.5 Å². The van der Waals surface area contributed by atoms with E-state index in [1.54, 1.807) is 0 Å². The van der Waals surface area contributed by atoms with Gasteiger partial charge in [0.25, 0.3) is 11.6 Å². The van der Waals surface area contributed by atoms with Crippen molar-refractivity contribution in [3.63, 3.8) is 0 Å². The van der Waals surface area contributed by atoms with E-state index >= 15 is 0 Å². The number of hydrogen-bond donors (Lipinski definition) is 4. The highest BCUT2D eigenvalue weighted by molar-refractivity contribution is 6.19. The number of carbonyl (C=O) groups is 4. The molecule has 2 aromatic rings. The van der Waals surface area contributed by atoms with Gasteiger partial charge in [0.2, 0.25) is 23.1 Å². The molecule has 0 spiro atoms. The van der Waals surface area contributed by atoms with Crippen LogP contribution in [0.25, 0.3) is 0 Å². The number of phenols is 2. The molecule has 4 unspecified atom stereocenters. The summed E-state index contributed by atoms with van der Waals surface area (Å²) in [5, 5.41) is 47.2. The van der Waals surface area contributed by atoms with E-state index < -0.39 is 45.5 Å². The van der Waals surface area contributed by atoms with E-state index in [-0.39, 0.29) is 58.9 Å². The van der Waals surface area contributed by atoms with Gasteiger partial charge in [0.1, 0.15) is 22.3 Å². The summed E-state index contributed by atoms with van der Waals surface area (Å²) in [6.07, 6.45) is 76.3. The van der Waals surface area contributed by atoms with Crippen LogP contribution >= 0.6 is 0 Å². The van der Waals surface area contributed by atoms with Crippen LogP contribution in [0, 0.1) is 0 Å². The van der Waals surface area contributed by atoms with Gasteiger partial charge >= 0.3 is 0 Å². The van der Waals surface area contributed by atoms with Gasteiger partial charge in [0.15, 0.2) is 34.5 Å². The number of rotatable bonds is 60. The number of ether oxygens (including phenoxy) is 6. The number of methoxy groups -OCH3 is 4. The van der Waals surface area contributed by atoms with E-state index in [1.807, 2.05) is 0 Å². The zero-order chi connectivity index (χ0) is 76.7. The highest BCUT2D eigenvalue weighted by Gasteiger charge is 2.72. The maximum Gasteiger partial charge on any atom is 0.289 e. The Balaban J connectivity index is 0.000000381. The monoisotopic (exact) mass is 1470 g/mol. The van der Waals surface area contributed by atoms with Gasteiger partial charge < -0.3 is 48.8 Å². The van der Waals surface area contributed by atoms with Crippen molar-refractivity contribution in [2.75, 3.05) is 28.4 Å². The highest BCUT2D eigenvalue weighted by Crippen LogP contribution is 2.61. The Bertz CT molecular complexity index is 3090. The minimum atomic E-state index is -2.42. The molecule has 0 saturated heterocycles. The van der Waals surface area contributed by atoms with Crippen molar-refractivity contribution in [2.24, 2.45) is 0 Å². The molecule has 106 heavy (non-hydrogen) atoms. The third kappa shape index (κ3) is 26.0. The molecule has 0 amide bonds. The average Bonchev–Trinajstić information content (AvgIpc) is 1.51. The Morgan fingerprint density at radius 1 is 0.330 bits per heavy atom. The van der Waals surface area contributed by atoms with Crippen molar-refractivity contribution in [3.05, 3.63) is 107 Å². The number of benzene rings is 2. The molecular weight excluding hydrogens is 1330 g/mol. The number of phenolic OH excluding ortho intramolecular Hbond substituents is 2. The van der Waals surface area contributed by atoms with Crippen molar-refractivity contribution >= 4 is 23.1 Å². The largest absolute Gasteiger partial charge is 0.504 e. The molecule has 4 atom stereocenters. The third-order valence-electron chi connectivity index (χ3n) is 22.5. The van der Waals surface area contributed by atoms with Crippen molar-refractivity contribution in [1.29, 1.82) is 0 Å². The molecule has 0 bridgehead atoms. The quantitative estimate of drug-likeness (QED) is 0.0359. The molecule has 0 saturated carbocycles. The van der Waals surface area contributed by atoms with Crippen LogP contribution in [0.15, 0.2) is 84.4 Å². The van der Waals surface area contributed by atoms with Crippen LogP contribution in [0.3, 0.4) is 0 Å². The first-order chi connectivity index (χ1) is 51.6. The number of Topliss-reactive ketones (excluding diaryl/α,β-unsaturated/α-hetero) is 2. The van der Waals surface area contributed by atoms with Crippen LogP contribution in [-0.2, 0) is 52.3 Å². The standard InChI is InChI=1S/2C46H72O7/c1-5-7-9-11-13-15-17-19-20-21-23-25-27-29-31-33-37-42-38(35-39(51-3)43(37)48)53-46(50)41(47)36-40(52-4)44(49)45(42,46)34-32-30-28-26-24-22-18-16-14-12-10-8-6-2;1-5-7-9-11-13-15-17-19-20-22-24-26-28-30-32-34-45-42-37(33-31-29-27-25-23-21-18-16-14-12-10-8-6-2)43(48)39(51-3)35-38(42)53-46(45,50)41(47)36-40(52-4)44(45)49/h2*11-14,35-36,48,50H,5-10,15-34H2,1-4H3. The predicted octanol–water partition coefficient (Wildman–Crippen LogP) is 23.7. The Morgan fingerprint density at radius 3 is 0.811 bits per heavy atom. The molecule has 4 N–H and O–H groups in total. The molecule has 2 aliphatic carbocycles. The minimum Gasteiger partial charge on any atom is -0.504 e. The summed E-state index contributed by atoms with van der Waals surface area (Å²) in [5.41, 5.74) is -1.58. The fraction of sp³-hybridized carbons (Fsp3) is 0.696. The van der Waals surface area contributed by atoms with E-state index in [4.69, 9.17) is 28.4 Å². The van der Waals surface area contributed by atoms with Crippen LogP contribution in [0.4, 0.5) is 0 Å². The lowest BCUT2D eigenvalue weighted by Gasteiger charge is -2.41. The van der Waals surface area contributed by atoms with E-state index in [0.29, 0.717) is 47.9 Å². The summed E-state index contributed by atoms with van der Waals surface area (Å²) in [5.74, 6) is -6.73. The highest BCUT2D eigenvalue weighted by atomic mass is 16.6. The first kappa shape index (κ1) is 90.5. The van der Waals surface area contributed by atoms with Crippen LogP contribution in [-0.4, -0.2) is 83.6 Å². The zero-order valence-electron chi connectivity index (χ0n) is 67.6. The lowest BCUT2D eigenvalue weighted by atomic mass is 9.62. The number of hydrogen-bond acceptors (Lipinski definition) is 14. The van der Waals surface area contributed by atoms with E-state index in [2.05, 4.69) is 76.3 Å². The second-order valence-corrected chi connectivity index (χ2v) is 30.6. The first-order valence-corrected chi connectivity index (χ1v) is 42.6. The molecular formula is C92H144O14. The summed E-state index contributed by atoms with van der Waals surface area (Å²) >= 11 is 0. The molecule has 2 heterocycles. The number of aromatic hydroxyl groups is 2. The van der Waals surface area contributed by atoms with E-state index in [9.17, 15) is 39.6 Å². The summed E-state index contributed by atoms with van der Waals surface area (Å²) in [4.78, 5) is 55.9. The summed E-state index contributed by atoms with van der Waals surface area (Å²) in [6.45, 7) is 8.90. The number of unbranched alkanes of at least 4 members (excludes halogenated alkanes) is 40. The van der Waals surface area contributed by atoms with Gasteiger partial charge in [-0.3, -0.25) is 19.2 Å². The number of fused-ring (bicyclic) bond motifs is 6. The van der Waals surface area contributed by atoms with Gasteiger partial charge in [-0.25, -0.2) is 0 Å². The molecule has 14 heteroatoms. The average molecular weight is 1470 g/mol. The van der Waals surface area contributed by atoms with Gasteiger partial charge in [0.05, 0.1) is 28.4 Å². The zero-order valence-corrected chi connectivity index (χ0v) is 67.6. The lowest BCUT2D eigenvalue weighted by Crippen LogP contribution is -2.63. The van der Waals surface area contributed by atoms with Gasteiger partial charge in [-0.15, -0.1) is 0 Å². The molecule has 2 aliphatic heterocycles. The van der Waals surface area contributed by atoms with Crippen molar-refractivity contribution in [3.8, 4) is 34.5 Å². The fourth-order valence-corrected chi connectivity index (χ4v) is 16.1. The minimum absolute atomic E-state index is 0.0624. The van der Waals surface area contributed by atoms with Crippen molar-refractivity contribution in [2.45, 2.75) is 384 Å². The molecule has 14 nitrogen and oxygen atoms in total. The maximum absolute atomic E-state index is 14.4. The fourth-order valence-electron chi connectivity index (χ4n) is 16.1. The molecule has 0 fully saturated rings. The number of ketones is 4. The molecule has 2 aromatic carbocycles. The van der Waals surface area contributed by atoms with Gasteiger partial charge in [-0.05, 0) is 116 Å². The molecule has 6 rings (SSSR count). The second kappa shape index (κ2) is 51.3. The Kier molecular flexibility index (Phi) is 43.8. The van der Waals surface area contributed by atoms with Crippen LogP contribution in [0.1, 0.15) is 371 Å². The third-order valence-corrected chi connectivity index (χ3v) is 22.5. The van der Waals surface area contributed by atoms with Crippen LogP contribution in [0.5, 0.6) is 34.5 Å². The SMILES string of the molecule is CCCCC=CCCCCCCCCCCCC12C(=O)C(OC)=CC(=O)C1(O)Oc1cc(OC)c(O)c(CCCCCCCCCC=CCCCC)c12.CCCCC=CCCCCCCCCCCCc1c(O)c(OC)cc2c1C1(CCCCCCCCCC=CCCCC)C(=O)C(OC)=CC(=O)C1(O)O2. The molecule has 0 radical (unpaired) electrons. The van der Waals surface area contributed by atoms with Crippen molar-refractivity contribution < 1.29 is 68.0 Å². The number of aliphatic hydroxyl groups is 2. The lowest BCUT2D eigenvalue weighted by molar-refractivity contribution is -0.190. The second-order valence-electron chi connectivity index (χ2n) is 30.6. The smallest absolute Gasteiger partial charge is 0.289 e. The Morgan fingerprint density at radius 2 is 0.566 bits per heavy atom. The summed E-state index contributed by atoms with van der Waals surface area (Å²) in [6, 6.07) is 3.00. The Hall–Kier alpha value is -6.12. The Labute approximate surface area is 641 Å². The predicted molar refractivity (Wildman–Crippen MR) is 432 cm³/mol. The van der Waals surface area contributed by atoms with Crippen LogP contribution in [0.2, 0.25) is 0 Å². The van der Waals surface area contributed by atoms with Crippen LogP contribution < -0.4 is 18.9 Å². The van der Waals surface area contributed by atoms with Gasteiger partial charge in [-0.1, -0.05) is 295 Å². The molecule has 596 valence electrons. The summed E-state index contributed by atoms with van der Waals surface area (Å²) < 4.78 is 34.0. The van der Waals surface area contributed by atoms with E-state index in [0.717, 1.165) is 121 Å². The van der Waals surface area contributed by atoms with E-state index in [1.165, 1.54) is 227 Å².